The maximum absolute atomic E-state index is 13.9. The van der Waals surface area contributed by atoms with Gasteiger partial charge in [-0.15, -0.1) is 0 Å². The highest BCUT2D eigenvalue weighted by Gasteiger charge is 2.36. The summed E-state index contributed by atoms with van der Waals surface area (Å²) in [5, 5.41) is 11.6. The quantitative estimate of drug-likeness (QED) is 0.805. The lowest BCUT2D eigenvalue weighted by molar-refractivity contribution is -0.139. The molecule has 27 heavy (non-hydrogen) atoms. The van der Waals surface area contributed by atoms with E-state index in [1.807, 2.05) is 0 Å². The molecule has 0 aliphatic carbocycles. The first-order valence-corrected chi connectivity index (χ1v) is 9.43. The minimum atomic E-state index is -1.17. The van der Waals surface area contributed by atoms with Crippen molar-refractivity contribution in [1.29, 1.82) is 0 Å². The standard InChI is InChI=1S/C20H20Cl2FNO3/c21-14-4-1-5-15(10-14)27-13-20(26)8-3-9-24(12-20)19(25)11-16-17(22)6-2-7-18(16)23/h1-2,4-7,10,26H,3,8-9,11-13H2. The highest BCUT2D eigenvalue weighted by Crippen LogP contribution is 2.26. The van der Waals surface area contributed by atoms with Crippen molar-refractivity contribution in [2.75, 3.05) is 19.7 Å². The number of carbonyl (C=O) groups excluding carboxylic acids is 1. The minimum Gasteiger partial charge on any atom is -0.490 e. The number of hydrogen-bond acceptors (Lipinski definition) is 3. The summed E-state index contributed by atoms with van der Waals surface area (Å²) in [5.74, 6) is -0.229. The molecular weight excluding hydrogens is 392 g/mol. The van der Waals surface area contributed by atoms with Gasteiger partial charge in [0.25, 0.3) is 0 Å². The van der Waals surface area contributed by atoms with Crippen LogP contribution in [-0.2, 0) is 11.2 Å². The number of carbonyl (C=O) groups is 1. The summed E-state index contributed by atoms with van der Waals surface area (Å²) in [6.45, 7) is 0.667. The molecule has 1 saturated heterocycles. The molecule has 0 saturated carbocycles. The largest absolute Gasteiger partial charge is 0.490 e. The van der Waals surface area contributed by atoms with Crippen LogP contribution in [0.5, 0.6) is 5.75 Å². The van der Waals surface area contributed by atoms with Gasteiger partial charge in [0.15, 0.2) is 0 Å². The lowest BCUT2D eigenvalue weighted by Crippen LogP contribution is -2.53. The van der Waals surface area contributed by atoms with Crippen molar-refractivity contribution in [2.45, 2.75) is 24.9 Å². The second-order valence-corrected chi connectivity index (χ2v) is 7.61. The summed E-state index contributed by atoms with van der Waals surface area (Å²) in [7, 11) is 0. The Morgan fingerprint density at radius 3 is 2.78 bits per heavy atom. The Balaban J connectivity index is 1.63. The zero-order valence-corrected chi connectivity index (χ0v) is 16.1. The molecule has 0 spiro atoms. The van der Waals surface area contributed by atoms with Gasteiger partial charge in [-0.05, 0) is 43.2 Å². The van der Waals surface area contributed by atoms with Crippen LogP contribution in [0.2, 0.25) is 10.0 Å². The normalized spacial score (nSPS) is 19.8. The van der Waals surface area contributed by atoms with E-state index < -0.39 is 11.4 Å². The zero-order valence-electron chi connectivity index (χ0n) is 14.6. The first kappa shape index (κ1) is 19.9. The Morgan fingerprint density at radius 1 is 1.26 bits per heavy atom. The first-order valence-electron chi connectivity index (χ1n) is 8.68. The number of β-amino-alcohol motifs (C(OH)–C–C–N with tert-alkyl or cyclic N) is 1. The second-order valence-electron chi connectivity index (χ2n) is 6.77. The molecule has 0 radical (unpaired) electrons. The fraction of sp³-hybridized carbons (Fsp3) is 0.350. The highest BCUT2D eigenvalue weighted by atomic mass is 35.5. The van der Waals surface area contributed by atoms with Crippen LogP contribution in [0.1, 0.15) is 18.4 Å². The second kappa shape index (κ2) is 8.46. The number of piperidine rings is 1. The van der Waals surface area contributed by atoms with Crippen LogP contribution in [0.4, 0.5) is 4.39 Å². The number of aliphatic hydroxyl groups is 1. The molecule has 7 heteroatoms. The van der Waals surface area contributed by atoms with Crippen molar-refractivity contribution in [3.05, 3.63) is 63.9 Å². The van der Waals surface area contributed by atoms with Crippen molar-refractivity contribution >= 4 is 29.1 Å². The number of hydrogen-bond donors (Lipinski definition) is 1. The average molecular weight is 412 g/mol. The molecule has 1 atom stereocenters. The molecule has 1 fully saturated rings. The number of benzene rings is 2. The lowest BCUT2D eigenvalue weighted by atomic mass is 9.93. The fourth-order valence-electron chi connectivity index (χ4n) is 3.18. The SMILES string of the molecule is O=C(Cc1c(F)cccc1Cl)N1CCCC(O)(COc2cccc(Cl)c2)C1. The number of rotatable bonds is 5. The third-order valence-electron chi connectivity index (χ3n) is 4.60. The molecule has 144 valence electrons. The molecule has 1 aliphatic heterocycles. The highest BCUT2D eigenvalue weighted by molar-refractivity contribution is 6.31. The van der Waals surface area contributed by atoms with Crippen LogP contribution in [-0.4, -0.2) is 41.2 Å². The molecule has 1 heterocycles. The van der Waals surface area contributed by atoms with E-state index in [1.54, 1.807) is 30.3 Å². The molecule has 2 aromatic carbocycles. The van der Waals surface area contributed by atoms with Gasteiger partial charge in [0.05, 0.1) is 13.0 Å². The van der Waals surface area contributed by atoms with Gasteiger partial charge in [0.1, 0.15) is 23.8 Å². The van der Waals surface area contributed by atoms with Gasteiger partial charge >= 0.3 is 0 Å². The number of halogens is 3. The predicted octanol–water partition coefficient (Wildman–Crippen LogP) is 4.11. The molecule has 2 aromatic rings. The Kier molecular flexibility index (Phi) is 6.25. The van der Waals surface area contributed by atoms with Crippen LogP contribution >= 0.6 is 23.2 Å². The van der Waals surface area contributed by atoms with E-state index in [-0.39, 0.29) is 36.1 Å². The molecule has 1 N–H and O–H groups in total. The summed E-state index contributed by atoms with van der Waals surface area (Å²) >= 11 is 11.9. The molecule has 4 nitrogen and oxygen atoms in total. The van der Waals surface area contributed by atoms with E-state index in [1.165, 1.54) is 17.0 Å². The van der Waals surface area contributed by atoms with Crippen molar-refractivity contribution in [2.24, 2.45) is 0 Å². The van der Waals surface area contributed by atoms with Gasteiger partial charge in [-0.25, -0.2) is 4.39 Å². The third kappa shape index (κ3) is 5.12. The minimum absolute atomic E-state index is 0.0393. The van der Waals surface area contributed by atoms with E-state index in [9.17, 15) is 14.3 Å². The van der Waals surface area contributed by atoms with Gasteiger partial charge in [-0.3, -0.25) is 4.79 Å². The van der Waals surface area contributed by atoms with Crippen molar-refractivity contribution < 1.29 is 19.0 Å². The van der Waals surface area contributed by atoms with Crippen LogP contribution in [0.3, 0.4) is 0 Å². The van der Waals surface area contributed by atoms with Crippen molar-refractivity contribution in [3.8, 4) is 5.75 Å². The van der Waals surface area contributed by atoms with Crippen LogP contribution in [0.15, 0.2) is 42.5 Å². The summed E-state index contributed by atoms with van der Waals surface area (Å²) in [5.41, 5.74) is -0.997. The molecule has 0 bridgehead atoms. The molecule has 3 rings (SSSR count). The maximum atomic E-state index is 13.9. The zero-order chi connectivity index (χ0) is 19.4. The van der Waals surface area contributed by atoms with Crippen molar-refractivity contribution in [1.82, 2.24) is 4.90 Å². The number of ether oxygens (including phenoxy) is 1. The Bertz CT molecular complexity index is 812. The fourth-order valence-corrected chi connectivity index (χ4v) is 3.59. The maximum Gasteiger partial charge on any atom is 0.227 e. The van der Waals surface area contributed by atoms with E-state index >= 15 is 0 Å². The summed E-state index contributed by atoms with van der Waals surface area (Å²) in [6, 6.07) is 11.2. The van der Waals surface area contributed by atoms with Gasteiger partial charge in [0.2, 0.25) is 5.91 Å². The number of amides is 1. The average Bonchev–Trinajstić information content (AvgIpc) is 2.63. The molecular formula is C20H20Cl2FNO3. The summed E-state index contributed by atoms with van der Waals surface area (Å²) in [6.07, 6.45) is 1.00. The smallest absolute Gasteiger partial charge is 0.227 e. The predicted molar refractivity (Wildman–Crippen MR) is 103 cm³/mol. The van der Waals surface area contributed by atoms with Gasteiger partial charge < -0.3 is 14.7 Å². The lowest BCUT2D eigenvalue weighted by Gasteiger charge is -2.39. The van der Waals surface area contributed by atoms with Crippen LogP contribution in [0, 0.1) is 5.82 Å². The Hall–Kier alpha value is -1.82. The van der Waals surface area contributed by atoms with Crippen LogP contribution in [0.25, 0.3) is 0 Å². The Morgan fingerprint density at radius 2 is 2.04 bits per heavy atom. The van der Waals surface area contributed by atoms with Gasteiger partial charge in [0, 0.05) is 22.2 Å². The van der Waals surface area contributed by atoms with E-state index in [4.69, 9.17) is 27.9 Å². The molecule has 1 unspecified atom stereocenters. The number of likely N-dealkylation sites (tertiary alicyclic amines) is 1. The third-order valence-corrected chi connectivity index (χ3v) is 5.19. The van der Waals surface area contributed by atoms with Crippen LogP contribution < -0.4 is 4.74 Å². The van der Waals surface area contributed by atoms with Crippen molar-refractivity contribution in [3.63, 3.8) is 0 Å². The monoisotopic (exact) mass is 411 g/mol. The molecule has 1 aliphatic rings. The van der Waals surface area contributed by atoms with E-state index in [2.05, 4.69) is 0 Å². The summed E-state index contributed by atoms with van der Waals surface area (Å²) < 4.78 is 19.6. The van der Waals surface area contributed by atoms with E-state index in [0.29, 0.717) is 30.2 Å². The molecule has 1 amide bonds. The molecule has 0 aromatic heterocycles. The number of nitrogens with zero attached hydrogens (tertiary/aromatic N) is 1. The Labute approximate surface area is 167 Å². The summed E-state index contributed by atoms with van der Waals surface area (Å²) in [4.78, 5) is 14.1. The first-order chi connectivity index (χ1) is 12.9. The van der Waals surface area contributed by atoms with E-state index in [0.717, 1.165) is 0 Å². The van der Waals surface area contributed by atoms with Gasteiger partial charge in [-0.1, -0.05) is 35.3 Å². The van der Waals surface area contributed by atoms with Gasteiger partial charge in [-0.2, -0.15) is 0 Å². The topological polar surface area (TPSA) is 49.8 Å².